The van der Waals surface area contributed by atoms with E-state index in [1.807, 2.05) is 6.07 Å². The second kappa shape index (κ2) is 5.87. The zero-order valence-corrected chi connectivity index (χ0v) is 13.0. The summed E-state index contributed by atoms with van der Waals surface area (Å²) >= 11 is 12.2. The molecule has 7 heteroatoms. The summed E-state index contributed by atoms with van der Waals surface area (Å²) in [5, 5.41) is 7.67. The summed E-state index contributed by atoms with van der Waals surface area (Å²) in [6, 6.07) is 10.4. The standard InChI is InChI=1S/C15H11Cl2N3O2/c1-22-12-6-5-9(16)8-10(12)18-15(21)14-13(17)11-4-2-3-7-20(11)19-14/h2-8H,1H3,(H,18,21). The molecule has 2 heterocycles. The highest BCUT2D eigenvalue weighted by molar-refractivity contribution is 6.37. The minimum absolute atomic E-state index is 0.134. The fraction of sp³-hybridized carbons (Fsp3) is 0.0667. The van der Waals surface area contributed by atoms with E-state index in [1.54, 1.807) is 41.0 Å². The molecule has 0 aliphatic rings. The molecule has 0 atom stereocenters. The number of ether oxygens (including phenoxy) is 1. The van der Waals surface area contributed by atoms with Crippen LogP contribution in [0.15, 0.2) is 42.6 Å². The van der Waals surface area contributed by atoms with Gasteiger partial charge in [0, 0.05) is 11.2 Å². The fourth-order valence-corrected chi connectivity index (χ4v) is 2.52. The molecular weight excluding hydrogens is 325 g/mol. The number of aromatic nitrogens is 2. The Morgan fingerprint density at radius 2 is 2.09 bits per heavy atom. The molecule has 0 saturated heterocycles. The normalized spacial score (nSPS) is 10.7. The number of pyridine rings is 1. The maximum absolute atomic E-state index is 12.4. The van der Waals surface area contributed by atoms with Gasteiger partial charge in [-0.15, -0.1) is 0 Å². The van der Waals surface area contributed by atoms with Crippen molar-refractivity contribution in [3.8, 4) is 5.75 Å². The molecule has 0 aliphatic carbocycles. The highest BCUT2D eigenvalue weighted by atomic mass is 35.5. The Hall–Kier alpha value is -2.24. The first-order valence-corrected chi connectivity index (χ1v) is 7.13. The Balaban J connectivity index is 1.97. The van der Waals surface area contributed by atoms with Crippen LogP contribution in [-0.4, -0.2) is 22.6 Å². The van der Waals surface area contributed by atoms with Gasteiger partial charge in [-0.25, -0.2) is 4.52 Å². The van der Waals surface area contributed by atoms with Gasteiger partial charge in [-0.3, -0.25) is 4.79 Å². The van der Waals surface area contributed by atoms with Crippen molar-refractivity contribution < 1.29 is 9.53 Å². The number of methoxy groups -OCH3 is 1. The molecule has 0 bridgehead atoms. The Morgan fingerprint density at radius 1 is 1.27 bits per heavy atom. The summed E-state index contributed by atoms with van der Waals surface area (Å²) < 4.78 is 6.74. The van der Waals surface area contributed by atoms with Crippen LogP contribution >= 0.6 is 23.2 Å². The number of halogens is 2. The highest BCUT2D eigenvalue weighted by Gasteiger charge is 2.19. The predicted octanol–water partition coefficient (Wildman–Crippen LogP) is 3.90. The van der Waals surface area contributed by atoms with Gasteiger partial charge in [-0.2, -0.15) is 5.10 Å². The predicted molar refractivity (Wildman–Crippen MR) is 86.2 cm³/mol. The van der Waals surface area contributed by atoms with Crippen LogP contribution < -0.4 is 10.1 Å². The molecule has 5 nitrogen and oxygen atoms in total. The zero-order chi connectivity index (χ0) is 15.7. The number of amides is 1. The molecule has 0 spiro atoms. The molecule has 1 N–H and O–H groups in total. The van der Waals surface area contributed by atoms with Crippen LogP contribution in [0, 0.1) is 0 Å². The number of benzene rings is 1. The molecule has 2 aromatic heterocycles. The van der Waals surface area contributed by atoms with E-state index in [1.165, 1.54) is 7.11 Å². The van der Waals surface area contributed by atoms with Crippen LogP contribution in [0.3, 0.4) is 0 Å². The van der Waals surface area contributed by atoms with Crippen molar-refractivity contribution in [1.29, 1.82) is 0 Å². The summed E-state index contributed by atoms with van der Waals surface area (Å²) in [7, 11) is 1.51. The number of hydrogen-bond acceptors (Lipinski definition) is 3. The molecule has 0 saturated carbocycles. The van der Waals surface area contributed by atoms with Crippen molar-refractivity contribution in [1.82, 2.24) is 9.61 Å². The molecule has 0 unspecified atom stereocenters. The van der Waals surface area contributed by atoms with Gasteiger partial charge in [0.25, 0.3) is 5.91 Å². The largest absolute Gasteiger partial charge is 0.495 e. The van der Waals surface area contributed by atoms with Crippen LogP contribution in [-0.2, 0) is 0 Å². The minimum atomic E-state index is -0.436. The van der Waals surface area contributed by atoms with E-state index >= 15 is 0 Å². The zero-order valence-electron chi connectivity index (χ0n) is 11.5. The summed E-state index contributed by atoms with van der Waals surface area (Å²) in [6.07, 6.45) is 1.72. The first kappa shape index (κ1) is 14.7. The number of carbonyl (C=O) groups is 1. The number of fused-ring (bicyclic) bond motifs is 1. The van der Waals surface area contributed by atoms with Crippen molar-refractivity contribution in [2.75, 3.05) is 12.4 Å². The number of anilines is 1. The number of carbonyl (C=O) groups excluding carboxylic acids is 1. The molecular formula is C15H11Cl2N3O2. The van der Waals surface area contributed by atoms with E-state index < -0.39 is 5.91 Å². The lowest BCUT2D eigenvalue weighted by Gasteiger charge is -2.09. The van der Waals surface area contributed by atoms with Gasteiger partial charge in [0.05, 0.1) is 23.3 Å². The lowest BCUT2D eigenvalue weighted by Crippen LogP contribution is -2.14. The summed E-state index contributed by atoms with van der Waals surface area (Å²) in [5.74, 6) is 0.0619. The molecule has 22 heavy (non-hydrogen) atoms. The number of nitrogens with zero attached hydrogens (tertiary/aromatic N) is 2. The smallest absolute Gasteiger partial charge is 0.277 e. The third kappa shape index (κ3) is 2.61. The molecule has 0 fully saturated rings. The third-order valence-electron chi connectivity index (χ3n) is 3.10. The molecule has 0 radical (unpaired) electrons. The fourth-order valence-electron chi connectivity index (χ4n) is 2.07. The van der Waals surface area contributed by atoms with Crippen molar-refractivity contribution in [3.63, 3.8) is 0 Å². The van der Waals surface area contributed by atoms with Gasteiger partial charge in [0.1, 0.15) is 5.75 Å². The summed E-state index contributed by atoms with van der Waals surface area (Å²) in [6.45, 7) is 0. The monoisotopic (exact) mass is 335 g/mol. The molecule has 3 aromatic rings. The molecule has 1 aromatic carbocycles. The van der Waals surface area contributed by atoms with Crippen LogP contribution in [0.5, 0.6) is 5.75 Å². The van der Waals surface area contributed by atoms with E-state index in [0.717, 1.165) is 0 Å². The van der Waals surface area contributed by atoms with Crippen molar-refractivity contribution in [3.05, 3.63) is 58.3 Å². The number of nitrogens with one attached hydrogen (secondary N) is 1. The van der Waals surface area contributed by atoms with E-state index in [-0.39, 0.29) is 5.69 Å². The molecule has 0 aliphatic heterocycles. The van der Waals surface area contributed by atoms with E-state index in [9.17, 15) is 4.79 Å². The average molecular weight is 336 g/mol. The van der Waals surface area contributed by atoms with Gasteiger partial charge < -0.3 is 10.1 Å². The van der Waals surface area contributed by atoms with E-state index in [4.69, 9.17) is 27.9 Å². The van der Waals surface area contributed by atoms with Gasteiger partial charge in [-0.1, -0.05) is 29.3 Å². The highest BCUT2D eigenvalue weighted by Crippen LogP contribution is 2.29. The van der Waals surface area contributed by atoms with Gasteiger partial charge in [-0.05, 0) is 30.3 Å². The van der Waals surface area contributed by atoms with Crippen molar-refractivity contribution in [2.24, 2.45) is 0 Å². The number of hydrogen-bond donors (Lipinski definition) is 1. The van der Waals surface area contributed by atoms with Gasteiger partial charge >= 0.3 is 0 Å². The first-order valence-electron chi connectivity index (χ1n) is 6.38. The SMILES string of the molecule is COc1ccc(Cl)cc1NC(=O)c1nn2ccccc2c1Cl. The Morgan fingerprint density at radius 3 is 2.82 bits per heavy atom. The maximum Gasteiger partial charge on any atom is 0.277 e. The Labute approximate surface area is 136 Å². The van der Waals surface area contributed by atoms with Crippen molar-refractivity contribution in [2.45, 2.75) is 0 Å². The van der Waals surface area contributed by atoms with Gasteiger partial charge in [0.2, 0.25) is 0 Å². The van der Waals surface area contributed by atoms with Gasteiger partial charge in [0.15, 0.2) is 5.69 Å². The van der Waals surface area contributed by atoms with Crippen LogP contribution in [0.25, 0.3) is 5.52 Å². The number of rotatable bonds is 3. The summed E-state index contributed by atoms with van der Waals surface area (Å²) in [5.41, 5.74) is 1.25. The Bertz CT molecular complexity index is 861. The van der Waals surface area contributed by atoms with E-state index in [2.05, 4.69) is 10.4 Å². The lowest BCUT2D eigenvalue weighted by atomic mass is 10.2. The molecule has 3 rings (SSSR count). The second-order valence-electron chi connectivity index (χ2n) is 4.49. The lowest BCUT2D eigenvalue weighted by molar-refractivity contribution is 0.102. The first-order chi connectivity index (χ1) is 10.6. The quantitative estimate of drug-likeness (QED) is 0.789. The minimum Gasteiger partial charge on any atom is -0.495 e. The Kier molecular flexibility index (Phi) is 3.92. The van der Waals surface area contributed by atoms with Crippen LogP contribution in [0.2, 0.25) is 10.0 Å². The molecule has 1 amide bonds. The average Bonchev–Trinajstić information content (AvgIpc) is 2.85. The summed E-state index contributed by atoms with van der Waals surface area (Å²) in [4.78, 5) is 12.4. The third-order valence-corrected chi connectivity index (χ3v) is 3.71. The maximum atomic E-state index is 12.4. The molecule has 112 valence electrons. The van der Waals surface area contributed by atoms with Crippen molar-refractivity contribution >= 4 is 40.3 Å². The topological polar surface area (TPSA) is 55.6 Å². The second-order valence-corrected chi connectivity index (χ2v) is 5.31. The van der Waals surface area contributed by atoms with E-state index in [0.29, 0.717) is 27.0 Å². The van der Waals surface area contributed by atoms with Crippen LogP contribution in [0.4, 0.5) is 5.69 Å². The van der Waals surface area contributed by atoms with Crippen LogP contribution in [0.1, 0.15) is 10.5 Å².